The Bertz CT molecular complexity index is 1100. The molecule has 0 spiro atoms. The Morgan fingerprint density at radius 2 is 1.94 bits per heavy atom. The van der Waals surface area contributed by atoms with E-state index in [0.717, 1.165) is 49.5 Å². The number of hydrogen-bond donors (Lipinski definition) is 3. The van der Waals surface area contributed by atoms with Crippen LogP contribution >= 0.6 is 0 Å². The Morgan fingerprint density at radius 1 is 1.15 bits per heavy atom. The molecule has 4 N–H and O–H groups in total. The number of fused-ring (bicyclic) bond motifs is 1. The molecule has 2 aliphatic rings. The molecule has 2 aromatic carbocycles. The first kappa shape index (κ1) is 22.4. The number of nitrogen functional groups attached to an aromatic ring is 1. The van der Waals surface area contributed by atoms with Crippen LogP contribution in [0.5, 0.6) is 0 Å². The Morgan fingerprint density at radius 3 is 2.73 bits per heavy atom. The van der Waals surface area contributed by atoms with E-state index in [2.05, 4.69) is 15.6 Å². The summed E-state index contributed by atoms with van der Waals surface area (Å²) in [6.45, 7) is 2.16. The summed E-state index contributed by atoms with van der Waals surface area (Å²) in [5.74, 6) is 0.00648. The van der Waals surface area contributed by atoms with Crippen molar-refractivity contribution in [2.24, 2.45) is 4.99 Å². The van der Waals surface area contributed by atoms with Gasteiger partial charge in [0, 0.05) is 36.4 Å². The molecule has 1 atom stereocenters. The van der Waals surface area contributed by atoms with Crippen molar-refractivity contribution >= 4 is 39.9 Å². The number of nitrogens with two attached hydrogens (primary N) is 1. The second-order valence-electron chi connectivity index (χ2n) is 8.48. The molecule has 4 rings (SSSR count). The zero-order chi connectivity index (χ0) is 23.2. The summed E-state index contributed by atoms with van der Waals surface area (Å²) in [5.41, 5.74) is 7.44. The lowest BCUT2D eigenvalue weighted by atomic mass is 10.1. The maximum absolute atomic E-state index is 13.2. The molecule has 0 aromatic heterocycles. The highest BCUT2D eigenvalue weighted by atomic mass is 16.2. The number of benzene rings is 2. The van der Waals surface area contributed by atoms with E-state index < -0.39 is 6.04 Å². The molecule has 9 heteroatoms. The van der Waals surface area contributed by atoms with Crippen LogP contribution in [0.1, 0.15) is 32.1 Å². The first-order valence-electron chi connectivity index (χ1n) is 11.4. The van der Waals surface area contributed by atoms with Crippen LogP contribution in [0.15, 0.2) is 41.4 Å². The van der Waals surface area contributed by atoms with Gasteiger partial charge in [0.1, 0.15) is 6.04 Å². The highest BCUT2D eigenvalue weighted by Gasteiger charge is 2.30. The lowest BCUT2D eigenvalue weighted by Crippen LogP contribution is -2.45. The monoisotopic (exact) mass is 447 g/mol. The van der Waals surface area contributed by atoms with Gasteiger partial charge in [-0.25, -0.2) is 4.99 Å². The molecule has 9 nitrogen and oxygen atoms in total. The van der Waals surface area contributed by atoms with Gasteiger partial charge in [0.15, 0.2) is 6.19 Å². The van der Waals surface area contributed by atoms with Crippen molar-refractivity contribution in [1.29, 1.82) is 5.26 Å². The fraction of sp³-hybridized carbons (Fsp3) is 0.417. The molecular formula is C24H29N7O2. The third-order valence-electron chi connectivity index (χ3n) is 6.18. The highest BCUT2D eigenvalue weighted by molar-refractivity contribution is 6.01. The minimum atomic E-state index is -0.659. The summed E-state index contributed by atoms with van der Waals surface area (Å²) in [6, 6.07) is 10.7. The average Bonchev–Trinajstić information content (AvgIpc) is 3.30. The normalized spacial score (nSPS) is 19.3. The van der Waals surface area contributed by atoms with E-state index >= 15 is 0 Å². The van der Waals surface area contributed by atoms with Gasteiger partial charge >= 0.3 is 0 Å². The fourth-order valence-electron chi connectivity index (χ4n) is 4.41. The van der Waals surface area contributed by atoms with Gasteiger partial charge in [-0.2, -0.15) is 5.26 Å². The predicted octanol–water partition coefficient (Wildman–Crippen LogP) is 2.26. The molecule has 1 unspecified atom stereocenters. The number of carbonyl (C=O) groups is 2. The lowest BCUT2D eigenvalue weighted by molar-refractivity contribution is -0.140. The topological polar surface area (TPSA) is 127 Å². The molecule has 172 valence electrons. The second kappa shape index (κ2) is 10.2. The molecule has 2 heterocycles. The third-order valence-corrected chi connectivity index (χ3v) is 6.18. The van der Waals surface area contributed by atoms with Crippen LogP contribution in [0.3, 0.4) is 0 Å². The molecule has 2 aromatic rings. The number of nitriles is 1. The van der Waals surface area contributed by atoms with Gasteiger partial charge in [-0.15, -0.1) is 0 Å². The lowest BCUT2D eigenvalue weighted by Gasteiger charge is -2.25. The predicted molar refractivity (Wildman–Crippen MR) is 128 cm³/mol. The quantitative estimate of drug-likeness (QED) is 0.217. The van der Waals surface area contributed by atoms with Gasteiger partial charge in [-0.1, -0.05) is 18.2 Å². The molecule has 0 bridgehead atoms. The van der Waals surface area contributed by atoms with E-state index in [0.29, 0.717) is 24.3 Å². The van der Waals surface area contributed by atoms with E-state index in [4.69, 9.17) is 5.73 Å². The molecular weight excluding hydrogens is 418 g/mol. The number of carbonyl (C=O) groups excluding carboxylic acids is 2. The maximum Gasteiger partial charge on any atom is 0.247 e. The third kappa shape index (κ3) is 5.34. The van der Waals surface area contributed by atoms with Gasteiger partial charge in [-0.3, -0.25) is 14.9 Å². The number of anilines is 2. The summed E-state index contributed by atoms with van der Waals surface area (Å²) in [5, 5.41) is 16.8. The van der Waals surface area contributed by atoms with Crippen LogP contribution in [0.25, 0.3) is 10.8 Å². The van der Waals surface area contributed by atoms with Crippen LogP contribution in [-0.4, -0.2) is 59.8 Å². The molecule has 2 fully saturated rings. The van der Waals surface area contributed by atoms with Crippen molar-refractivity contribution in [2.45, 2.75) is 38.1 Å². The molecule has 2 aliphatic heterocycles. The van der Waals surface area contributed by atoms with Crippen molar-refractivity contribution in [3.63, 3.8) is 0 Å². The number of hydrogen-bond acceptors (Lipinski definition) is 5. The number of rotatable bonds is 4. The minimum absolute atomic E-state index is 0.00673. The van der Waals surface area contributed by atoms with Crippen LogP contribution in [0.4, 0.5) is 11.4 Å². The van der Waals surface area contributed by atoms with Gasteiger partial charge in [0.25, 0.3) is 0 Å². The van der Waals surface area contributed by atoms with E-state index in [1.165, 1.54) is 0 Å². The number of guanidine groups is 1. The zero-order valence-corrected chi connectivity index (χ0v) is 18.6. The van der Waals surface area contributed by atoms with E-state index in [1.54, 1.807) is 4.90 Å². The van der Waals surface area contributed by atoms with Crippen molar-refractivity contribution in [1.82, 2.24) is 15.1 Å². The average molecular weight is 448 g/mol. The van der Waals surface area contributed by atoms with E-state index in [9.17, 15) is 14.9 Å². The molecule has 2 amide bonds. The smallest absolute Gasteiger partial charge is 0.247 e. The number of nitrogens with zero attached hydrogens (tertiary/aromatic N) is 4. The summed E-state index contributed by atoms with van der Waals surface area (Å²) in [7, 11) is 0. The highest BCUT2D eigenvalue weighted by Crippen LogP contribution is 2.24. The largest absolute Gasteiger partial charge is 0.398 e. The molecule has 0 radical (unpaired) electrons. The second-order valence-corrected chi connectivity index (χ2v) is 8.48. The van der Waals surface area contributed by atoms with Crippen molar-refractivity contribution in [3.8, 4) is 6.19 Å². The Hall–Kier alpha value is -3.80. The summed E-state index contributed by atoms with van der Waals surface area (Å²) in [6.07, 6.45) is 6.12. The molecule has 2 saturated heterocycles. The number of nitrogens with one attached hydrogen (secondary N) is 2. The summed E-state index contributed by atoms with van der Waals surface area (Å²) in [4.78, 5) is 33.8. The first-order chi connectivity index (χ1) is 16.0. The van der Waals surface area contributed by atoms with Crippen molar-refractivity contribution in [2.75, 3.05) is 37.2 Å². The van der Waals surface area contributed by atoms with Crippen molar-refractivity contribution in [3.05, 3.63) is 36.4 Å². The van der Waals surface area contributed by atoms with Gasteiger partial charge in [0.2, 0.25) is 17.8 Å². The summed E-state index contributed by atoms with van der Waals surface area (Å²) >= 11 is 0. The Kier molecular flexibility index (Phi) is 6.93. The maximum atomic E-state index is 13.2. The fourth-order valence-corrected chi connectivity index (χ4v) is 4.41. The van der Waals surface area contributed by atoms with Crippen LogP contribution in [0, 0.1) is 11.5 Å². The van der Waals surface area contributed by atoms with Crippen LogP contribution < -0.4 is 16.4 Å². The Labute approximate surface area is 193 Å². The molecule has 33 heavy (non-hydrogen) atoms. The van der Waals surface area contributed by atoms with Crippen LogP contribution in [0.2, 0.25) is 0 Å². The number of aliphatic imine (C=N–C) groups is 1. The number of likely N-dealkylation sites (tertiary alicyclic amines) is 2. The standard InChI is InChI=1S/C24H29N7O2/c25-16-27-24(28-18-10-9-17-6-5-7-20(26)19(17)14-18)29-21-8-1-2-13-31(23(21)33)15-22(32)30-11-3-4-12-30/h5-7,9-10,14,21H,1-4,8,11-13,15,26H2,(H2,27,28,29). The molecule has 0 aliphatic carbocycles. The SMILES string of the molecule is N#CNC(=NC1CCCCN(CC(=O)N2CCCC2)C1=O)Nc1ccc2cccc(N)c2c1. The minimum Gasteiger partial charge on any atom is -0.398 e. The first-order valence-corrected chi connectivity index (χ1v) is 11.4. The Balaban J connectivity index is 1.51. The number of amides is 2. The van der Waals surface area contributed by atoms with Crippen LogP contribution in [-0.2, 0) is 9.59 Å². The van der Waals surface area contributed by atoms with Gasteiger partial charge in [0.05, 0.1) is 6.54 Å². The zero-order valence-electron chi connectivity index (χ0n) is 18.6. The molecule has 0 saturated carbocycles. The van der Waals surface area contributed by atoms with Crippen molar-refractivity contribution < 1.29 is 9.59 Å². The van der Waals surface area contributed by atoms with Gasteiger partial charge < -0.3 is 20.9 Å². The summed E-state index contributed by atoms with van der Waals surface area (Å²) < 4.78 is 0. The van der Waals surface area contributed by atoms with E-state index in [-0.39, 0.29) is 24.3 Å². The van der Waals surface area contributed by atoms with E-state index in [1.807, 2.05) is 47.5 Å². The van der Waals surface area contributed by atoms with Gasteiger partial charge in [-0.05, 0) is 55.7 Å².